The summed E-state index contributed by atoms with van der Waals surface area (Å²) < 4.78 is 13.3. The number of amides is 2. The number of nitrogens with zero attached hydrogens (tertiary/aromatic N) is 3. The van der Waals surface area contributed by atoms with Crippen molar-refractivity contribution >= 4 is 23.1 Å². The van der Waals surface area contributed by atoms with Gasteiger partial charge < -0.3 is 24.1 Å². The second-order valence-electron chi connectivity index (χ2n) is 7.62. The first-order valence-electron chi connectivity index (χ1n) is 10.1. The highest BCUT2D eigenvalue weighted by atomic mass is 16.5. The molecule has 8 heteroatoms. The fourth-order valence-electron chi connectivity index (χ4n) is 3.94. The van der Waals surface area contributed by atoms with E-state index < -0.39 is 0 Å². The van der Waals surface area contributed by atoms with Crippen LogP contribution in [0.1, 0.15) is 23.2 Å². The van der Waals surface area contributed by atoms with Gasteiger partial charge in [-0.25, -0.2) is 4.98 Å². The van der Waals surface area contributed by atoms with Gasteiger partial charge in [-0.3, -0.25) is 9.59 Å². The third-order valence-corrected chi connectivity index (χ3v) is 5.62. The molecule has 30 heavy (non-hydrogen) atoms. The van der Waals surface area contributed by atoms with Crippen LogP contribution in [0.4, 0.5) is 5.69 Å². The molecule has 1 saturated heterocycles. The Labute approximate surface area is 173 Å². The van der Waals surface area contributed by atoms with Crippen LogP contribution in [0.15, 0.2) is 48.9 Å². The van der Waals surface area contributed by atoms with Crippen LogP contribution in [0, 0.1) is 5.92 Å². The van der Waals surface area contributed by atoms with Crippen molar-refractivity contribution in [2.75, 3.05) is 31.6 Å². The van der Waals surface area contributed by atoms with Crippen molar-refractivity contribution in [3.8, 4) is 11.5 Å². The highest BCUT2D eigenvalue weighted by molar-refractivity contribution is 5.99. The molecule has 0 radical (unpaired) electrons. The van der Waals surface area contributed by atoms with Gasteiger partial charge in [0.25, 0.3) is 11.8 Å². The number of hydrogen-bond acceptors (Lipinski definition) is 5. The van der Waals surface area contributed by atoms with Crippen LogP contribution in [0.25, 0.3) is 5.65 Å². The molecule has 0 bridgehead atoms. The van der Waals surface area contributed by atoms with E-state index in [0.29, 0.717) is 42.6 Å². The van der Waals surface area contributed by atoms with Crippen molar-refractivity contribution in [2.45, 2.75) is 12.8 Å². The summed E-state index contributed by atoms with van der Waals surface area (Å²) >= 11 is 0. The predicted molar refractivity (Wildman–Crippen MR) is 110 cm³/mol. The number of nitrogens with one attached hydrogen (secondary N) is 1. The maximum Gasteiger partial charge on any atom is 0.262 e. The molecule has 1 aromatic carbocycles. The smallest absolute Gasteiger partial charge is 0.262 e. The van der Waals surface area contributed by atoms with Crippen LogP contribution >= 0.6 is 0 Å². The molecular weight excluding hydrogens is 384 g/mol. The van der Waals surface area contributed by atoms with Gasteiger partial charge in [-0.2, -0.15) is 0 Å². The second kappa shape index (κ2) is 7.70. The molecule has 0 atom stereocenters. The number of imidazole rings is 1. The van der Waals surface area contributed by atoms with Gasteiger partial charge in [0.05, 0.1) is 12.3 Å². The minimum atomic E-state index is -0.209. The van der Waals surface area contributed by atoms with Gasteiger partial charge in [0.2, 0.25) is 0 Å². The van der Waals surface area contributed by atoms with Crippen molar-refractivity contribution in [3.05, 3.63) is 54.5 Å². The highest BCUT2D eigenvalue weighted by Gasteiger charge is 2.26. The lowest BCUT2D eigenvalue weighted by Gasteiger charge is -2.32. The first-order chi connectivity index (χ1) is 14.7. The van der Waals surface area contributed by atoms with Crippen LogP contribution in [-0.2, 0) is 4.79 Å². The zero-order chi connectivity index (χ0) is 20.5. The Morgan fingerprint density at radius 2 is 2.10 bits per heavy atom. The lowest BCUT2D eigenvalue weighted by molar-refractivity contribution is -0.118. The van der Waals surface area contributed by atoms with Crippen molar-refractivity contribution in [3.63, 3.8) is 0 Å². The zero-order valence-electron chi connectivity index (χ0n) is 16.4. The normalized spacial score (nSPS) is 16.7. The molecule has 3 aromatic rings. The van der Waals surface area contributed by atoms with Gasteiger partial charge in [-0.05, 0) is 49.1 Å². The molecule has 2 aromatic heterocycles. The summed E-state index contributed by atoms with van der Waals surface area (Å²) in [5, 5.41) is 2.75. The molecule has 1 N–H and O–H groups in total. The Morgan fingerprint density at radius 1 is 1.23 bits per heavy atom. The van der Waals surface area contributed by atoms with E-state index in [1.54, 1.807) is 24.4 Å². The van der Waals surface area contributed by atoms with E-state index in [-0.39, 0.29) is 18.4 Å². The molecule has 8 nitrogen and oxygen atoms in total. The second-order valence-corrected chi connectivity index (χ2v) is 7.62. The summed E-state index contributed by atoms with van der Waals surface area (Å²) in [6.45, 7) is 1.97. The number of anilines is 1. The Kier molecular flexibility index (Phi) is 4.74. The third-order valence-electron chi connectivity index (χ3n) is 5.62. The lowest BCUT2D eigenvalue weighted by atomic mass is 9.97. The molecule has 4 heterocycles. The maximum absolute atomic E-state index is 12.9. The summed E-state index contributed by atoms with van der Waals surface area (Å²) in [6.07, 6.45) is 7.36. The Hall–Kier alpha value is -3.55. The van der Waals surface area contributed by atoms with Crippen molar-refractivity contribution in [1.82, 2.24) is 14.3 Å². The molecule has 0 saturated carbocycles. The molecule has 2 amide bonds. The van der Waals surface area contributed by atoms with E-state index in [0.717, 1.165) is 24.2 Å². The Bertz CT molecular complexity index is 1100. The standard InChI is InChI=1S/C22H22N4O4/c27-20-14-30-18-4-3-16(12-17(18)24-20)22(28)26-9-5-15(6-10-26)13-29-19-2-1-8-25-11-7-23-21(19)25/h1-4,7-8,11-12,15H,5-6,9-10,13-14H2,(H,24,27). The number of benzene rings is 1. The largest absolute Gasteiger partial charge is 0.489 e. The molecular formula is C22H22N4O4. The molecule has 0 spiro atoms. The Morgan fingerprint density at radius 3 is 2.97 bits per heavy atom. The molecule has 154 valence electrons. The number of pyridine rings is 1. The predicted octanol–water partition coefficient (Wildman–Crippen LogP) is 2.60. The van der Waals surface area contributed by atoms with Crippen molar-refractivity contribution in [1.29, 1.82) is 0 Å². The summed E-state index contributed by atoms with van der Waals surface area (Å²) in [7, 11) is 0. The van der Waals surface area contributed by atoms with E-state index in [4.69, 9.17) is 9.47 Å². The van der Waals surface area contributed by atoms with Gasteiger partial charge in [-0.1, -0.05) is 0 Å². The van der Waals surface area contributed by atoms with Crippen LogP contribution in [-0.4, -0.2) is 52.4 Å². The number of piperidine rings is 1. The van der Waals surface area contributed by atoms with Crippen LogP contribution in [0.3, 0.4) is 0 Å². The SMILES string of the molecule is O=C1COc2ccc(C(=O)N3CCC(COc4cccn5ccnc45)CC3)cc2N1. The van der Waals surface area contributed by atoms with Gasteiger partial charge in [0, 0.05) is 37.2 Å². The molecule has 0 aliphatic carbocycles. The van der Waals surface area contributed by atoms with E-state index in [9.17, 15) is 9.59 Å². The average Bonchev–Trinajstić information content (AvgIpc) is 3.26. The fourth-order valence-corrected chi connectivity index (χ4v) is 3.94. The first-order valence-corrected chi connectivity index (χ1v) is 10.1. The number of ether oxygens (including phenoxy) is 2. The van der Waals surface area contributed by atoms with Gasteiger partial charge >= 0.3 is 0 Å². The number of likely N-dealkylation sites (tertiary alicyclic amines) is 1. The molecule has 5 rings (SSSR count). The lowest BCUT2D eigenvalue weighted by Crippen LogP contribution is -2.39. The summed E-state index contributed by atoms with van der Waals surface area (Å²) in [4.78, 5) is 30.6. The van der Waals surface area contributed by atoms with Crippen LogP contribution < -0.4 is 14.8 Å². The van der Waals surface area contributed by atoms with E-state index in [1.807, 2.05) is 33.8 Å². The summed E-state index contributed by atoms with van der Waals surface area (Å²) in [6, 6.07) is 9.05. The van der Waals surface area contributed by atoms with E-state index >= 15 is 0 Å². The topological polar surface area (TPSA) is 85.2 Å². The fraction of sp³-hybridized carbons (Fsp3) is 0.318. The minimum Gasteiger partial charge on any atom is -0.489 e. The van der Waals surface area contributed by atoms with Crippen molar-refractivity contribution < 1.29 is 19.1 Å². The van der Waals surface area contributed by atoms with E-state index in [2.05, 4.69) is 10.3 Å². The highest BCUT2D eigenvalue weighted by Crippen LogP contribution is 2.29. The summed E-state index contributed by atoms with van der Waals surface area (Å²) in [5.41, 5.74) is 1.92. The molecule has 2 aliphatic heterocycles. The molecule has 0 unspecified atom stereocenters. The van der Waals surface area contributed by atoms with Gasteiger partial charge in [0.15, 0.2) is 18.0 Å². The average molecular weight is 406 g/mol. The van der Waals surface area contributed by atoms with Crippen LogP contribution in [0.5, 0.6) is 11.5 Å². The van der Waals surface area contributed by atoms with E-state index in [1.165, 1.54) is 0 Å². The summed E-state index contributed by atoms with van der Waals surface area (Å²) in [5.74, 6) is 1.52. The number of fused-ring (bicyclic) bond motifs is 2. The van der Waals surface area contributed by atoms with Gasteiger partial charge in [-0.15, -0.1) is 0 Å². The van der Waals surface area contributed by atoms with Gasteiger partial charge in [0.1, 0.15) is 5.75 Å². The van der Waals surface area contributed by atoms with Crippen LogP contribution in [0.2, 0.25) is 0 Å². The monoisotopic (exact) mass is 406 g/mol. The number of carbonyl (C=O) groups is 2. The number of aromatic nitrogens is 2. The number of hydrogen-bond donors (Lipinski definition) is 1. The number of carbonyl (C=O) groups excluding carboxylic acids is 2. The minimum absolute atomic E-state index is 0.00492. The Balaban J connectivity index is 1.18. The zero-order valence-corrected chi connectivity index (χ0v) is 16.4. The quantitative estimate of drug-likeness (QED) is 0.720. The van der Waals surface area contributed by atoms with Crippen molar-refractivity contribution in [2.24, 2.45) is 5.92 Å². The third kappa shape index (κ3) is 3.56. The molecule has 2 aliphatic rings. The number of rotatable bonds is 4. The first kappa shape index (κ1) is 18.5. The molecule has 1 fully saturated rings. The maximum atomic E-state index is 12.9.